The second-order valence-corrected chi connectivity index (χ2v) is 4.08. The fourth-order valence-corrected chi connectivity index (χ4v) is 1.90. The van der Waals surface area contributed by atoms with E-state index in [1.54, 1.807) is 7.11 Å². The minimum Gasteiger partial charge on any atom is -0.371 e. The van der Waals surface area contributed by atoms with Crippen LogP contribution in [0.2, 0.25) is 0 Å². The lowest BCUT2D eigenvalue weighted by Crippen LogP contribution is -2.20. The van der Waals surface area contributed by atoms with Gasteiger partial charge in [-0.1, -0.05) is 30.3 Å². The molecule has 0 spiro atoms. The van der Waals surface area contributed by atoms with Crippen LogP contribution in [-0.4, -0.2) is 25.6 Å². The second-order valence-electron chi connectivity index (χ2n) is 4.08. The summed E-state index contributed by atoms with van der Waals surface area (Å²) in [5, 5.41) is 0. The van der Waals surface area contributed by atoms with Crippen LogP contribution >= 0.6 is 0 Å². The van der Waals surface area contributed by atoms with Gasteiger partial charge in [0, 0.05) is 13.5 Å². The van der Waals surface area contributed by atoms with Crippen molar-refractivity contribution in [2.75, 3.05) is 7.11 Å². The summed E-state index contributed by atoms with van der Waals surface area (Å²) in [4.78, 5) is 0. The highest BCUT2D eigenvalue weighted by molar-refractivity contribution is 5.13. The first kappa shape index (κ1) is 11.6. The molecule has 88 valence electrons. The van der Waals surface area contributed by atoms with E-state index in [0.717, 1.165) is 6.42 Å². The Morgan fingerprint density at radius 1 is 1.31 bits per heavy atom. The molecule has 0 bridgehead atoms. The van der Waals surface area contributed by atoms with Crippen molar-refractivity contribution in [1.82, 2.24) is 0 Å². The first-order valence-electron chi connectivity index (χ1n) is 5.63. The van der Waals surface area contributed by atoms with Crippen molar-refractivity contribution in [3.05, 3.63) is 35.9 Å². The first-order valence-corrected chi connectivity index (χ1v) is 5.63. The Morgan fingerprint density at radius 3 is 2.69 bits per heavy atom. The number of benzene rings is 1. The van der Waals surface area contributed by atoms with Crippen molar-refractivity contribution >= 4 is 0 Å². The molecule has 0 radical (unpaired) electrons. The summed E-state index contributed by atoms with van der Waals surface area (Å²) in [6, 6.07) is 10.2. The molecule has 0 saturated carbocycles. The largest absolute Gasteiger partial charge is 0.371 e. The summed E-state index contributed by atoms with van der Waals surface area (Å²) in [6.07, 6.45) is 0.930. The topological polar surface area (TPSA) is 27.7 Å². The van der Waals surface area contributed by atoms with Gasteiger partial charge in [0.25, 0.3) is 0 Å². The molecule has 1 fully saturated rings. The number of rotatable bonds is 4. The highest BCUT2D eigenvalue weighted by Crippen LogP contribution is 2.24. The second kappa shape index (κ2) is 5.43. The molecule has 1 aromatic carbocycles. The molecular formula is C13H18O3. The van der Waals surface area contributed by atoms with E-state index in [9.17, 15) is 0 Å². The van der Waals surface area contributed by atoms with Crippen LogP contribution in [0.4, 0.5) is 0 Å². The fraction of sp³-hybridized carbons (Fsp3) is 0.538. The van der Waals surface area contributed by atoms with Gasteiger partial charge in [0.2, 0.25) is 0 Å². The maximum absolute atomic E-state index is 5.83. The average molecular weight is 222 g/mol. The maximum atomic E-state index is 5.83. The Hall–Kier alpha value is -0.900. The van der Waals surface area contributed by atoms with Gasteiger partial charge in [-0.25, -0.2) is 0 Å². The van der Waals surface area contributed by atoms with Gasteiger partial charge in [0.05, 0.1) is 18.8 Å². The van der Waals surface area contributed by atoms with Gasteiger partial charge < -0.3 is 14.2 Å². The first-order chi connectivity index (χ1) is 7.79. The summed E-state index contributed by atoms with van der Waals surface area (Å²) < 4.78 is 16.6. The Bertz CT molecular complexity index is 312. The lowest BCUT2D eigenvalue weighted by molar-refractivity contribution is -0.114. The van der Waals surface area contributed by atoms with Crippen molar-refractivity contribution in [2.24, 2.45) is 0 Å². The van der Waals surface area contributed by atoms with E-state index < -0.39 is 0 Å². The average Bonchev–Trinajstić information content (AvgIpc) is 2.69. The van der Waals surface area contributed by atoms with Gasteiger partial charge >= 0.3 is 0 Å². The van der Waals surface area contributed by atoms with E-state index >= 15 is 0 Å². The van der Waals surface area contributed by atoms with Crippen LogP contribution in [0.3, 0.4) is 0 Å². The Labute approximate surface area is 96.3 Å². The maximum Gasteiger partial charge on any atom is 0.160 e. The highest BCUT2D eigenvalue weighted by atomic mass is 16.7. The molecule has 1 saturated heterocycles. The van der Waals surface area contributed by atoms with E-state index in [0.29, 0.717) is 6.61 Å². The molecule has 2 rings (SSSR count). The monoisotopic (exact) mass is 222 g/mol. The van der Waals surface area contributed by atoms with Crippen LogP contribution < -0.4 is 0 Å². The lowest BCUT2D eigenvalue weighted by atomic mass is 10.2. The lowest BCUT2D eigenvalue weighted by Gasteiger charge is -2.14. The van der Waals surface area contributed by atoms with Crippen LogP contribution in [0.25, 0.3) is 0 Å². The fourth-order valence-electron chi connectivity index (χ4n) is 1.90. The van der Waals surface area contributed by atoms with Gasteiger partial charge in [0.1, 0.15) is 0 Å². The van der Waals surface area contributed by atoms with Crippen molar-refractivity contribution in [2.45, 2.75) is 38.4 Å². The quantitative estimate of drug-likeness (QED) is 0.782. The molecule has 3 atom stereocenters. The molecule has 1 aliphatic heterocycles. The SMILES string of the molecule is CO[C@H]1C[C@H](OCc2ccccc2)[C@@H](C)O1. The number of methoxy groups -OCH3 is 1. The van der Waals surface area contributed by atoms with Gasteiger partial charge in [-0.05, 0) is 12.5 Å². The van der Waals surface area contributed by atoms with Crippen molar-refractivity contribution in [1.29, 1.82) is 0 Å². The summed E-state index contributed by atoms with van der Waals surface area (Å²) in [7, 11) is 1.66. The minimum atomic E-state index is -0.115. The van der Waals surface area contributed by atoms with E-state index in [1.165, 1.54) is 5.56 Å². The predicted molar refractivity (Wildman–Crippen MR) is 61.0 cm³/mol. The third-order valence-corrected chi connectivity index (χ3v) is 2.88. The predicted octanol–water partition coefficient (Wildman–Crippen LogP) is 2.35. The van der Waals surface area contributed by atoms with Crippen LogP contribution in [0.1, 0.15) is 18.9 Å². The number of hydrogen-bond acceptors (Lipinski definition) is 3. The van der Waals surface area contributed by atoms with Gasteiger partial charge in [0.15, 0.2) is 6.29 Å². The van der Waals surface area contributed by atoms with Crippen LogP contribution in [0.5, 0.6) is 0 Å². The zero-order valence-electron chi connectivity index (χ0n) is 9.76. The molecule has 3 nitrogen and oxygen atoms in total. The van der Waals surface area contributed by atoms with Gasteiger partial charge in [-0.15, -0.1) is 0 Å². The zero-order chi connectivity index (χ0) is 11.4. The normalized spacial score (nSPS) is 29.5. The summed E-state index contributed by atoms with van der Waals surface area (Å²) in [5.41, 5.74) is 1.19. The molecular weight excluding hydrogens is 204 g/mol. The van der Waals surface area contributed by atoms with E-state index in [4.69, 9.17) is 14.2 Å². The zero-order valence-corrected chi connectivity index (χ0v) is 9.76. The van der Waals surface area contributed by atoms with Crippen LogP contribution in [0, 0.1) is 0 Å². The van der Waals surface area contributed by atoms with Crippen molar-refractivity contribution in [3.63, 3.8) is 0 Å². The van der Waals surface area contributed by atoms with E-state index in [2.05, 4.69) is 12.1 Å². The highest BCUT2D eigenvalue weighted by Gasteiger charge is 2.32. The Kier molecular flexibility index (Phi) is 3.93. The standard InChI is InChI=1S/C13H18O3/c1-10-12(8-13(14-2)16-10)15-9-11-6-4-3-5-7-11/h3-7,10,12-13H,8-9H2,1-2H3/t10-,12+,13-/m1/s1. The molecule has 0 unspecified atom stereocenters. The molecule has 1 aromatic rings. The Morgan fingerprint density at radius 2 is 2.06 bits per heavy atom. The molecule has 0 aliphatic carbocycles. The van der Waals surface area contributed by atoms with Gasteiger partial charge in [-0.2, -0.15) is 0 Å². The van der Waals surface area contributed by atoms with E-state index in [1.807, 2.05) is 25.1 Å². The van der Waals surface area contributed by atoms with Crippen LogP contribution in [0.15, 0.2) is 30.3 Å². The minimum absolute atomic E-state index is 0.105. The molecule has 0 N–H and O–H groups in total. The third kappa shape index (κ3) is 2.82. The third-order valence-electron chi connectivity index (χ3n) is 2.88. The van der Waals surface area contributed by atoms with Crippen molar-refractivity contribution < 1.29 is 14.2 Å². The summed E-state index contributed by atoms with van der Waals surface area (Å²) in [5.74, 6) is 0. The molecule has 16 heavy (non-hydrogen) atoms. The smallest absolute Gasteiger partial charge is 0.160 e. The summed E-state index contributed by atoms with van der Waals surface area (Å²) in [6.45, 7) is 2.66. The van der Waals surface area contributed by atoms with Crippen molar-refractivity contribution in [3.8, 4) is 0 Å². The summed E-state index contributed by atoms with van der Waals surface area (Å²) >= 11 is 0. The molecule has 1 aliphatic rings. The number of hydrogen-bond donors (Lipinski definition) is 0. The molecule has 0 aromatic heterocycles. The Balaban J connectivity index is 1.82. The van der Waals surface area contributed by atoms with Crippen LogP contribution in [-0.2, 0) is 20.8 Å². The molecule has 3 heteroatoms. The number of ether oxygens (including phenoxy) is 3. The van der Waals surface area contributed by atoms with E-state index in [-0.39, 0.29) is 18.5 Å². The molecule has 0 amide bonds. The van der Waals surface area contributed by atoms with Gasteiger partial charge in [-0.3, -0.25) is 0 Å². The molecule has 1 heterocycles.